The van der Waals surface area contributed by atoms with Gasteiger partial charge in [-0.15, -0.1) is 5.10 Å². The number of carbonyl (C=O) groups is 1. The van der Waals surface area contributed by atoms with Crippen molar-refractivity contribution in [2.45, 2.75) is 19.6 Å². The van der Waals surface area contributed by atoms with E-state index in [1.807, 2.05) is 0 Å². The first-order valence-corrected chi connectivity index (χ1v) is 3.33. The largest absolute Gasteiger partial charge is 0.385 e. The number of nitrogens with zero attached hydrogens (tertiary/aromatic N) is 4. The fourth-order valence-corrected chi connectivity index (χ4v) is 0.771. The predicted molar refractivity (Wildman–Crippen MR) is 37.6 cm³/mol. The van der Waals surface area contributed by atoms with Crippen LogP contribution in [0.15, 0.2) is 0 Å². The summed E-state index contributed by atoms with van der Waals surface area (Å²) in [6.45, 7) is 1.39. The predicted octanol–water partition coefficient (Wildman–Crippen LogP) is -1.79. The Morgan fingerprint density at radius 3 is 3.00 bits per heavy atom. The molecule has 1 rings (SSSR count). The number of rotatable bonds is 3. The SMILES string of the molecule is CC(O)c1nnnn1CC(N)=O. The molecule has 0 spiro atoms. The van der Waals surface area contributed by atoms with E-state index in [0.717, 1.165) is 4.68 Å². The van der Waals surface area contributed by atoms with Crippen molar-refractivity contribution in [2.24, 2.45) is 5.73 Å². The average Bonchev–Trinajstić information content (AvgIpc) is 2.33. The highest BCUT2D eigenvalue weighted by atomic mass is 16.3. The second-order valence-corrected chi connectivity index (χ2v) is 2.34. The summed E-state index contributed by atoms with van der Waals surface area (Å²) < 4.78 is 1.16. The zero-order chi connectivity index (χ0) is 9.14. The fourth-order valence-electron chi connectivity index (χ4n) is 0.771. The van der Waals surface area contributed by atoms with E-state index in [4.69, 9.17) is 10.8 Å². The maximum atomic E-state index is 10.5. The molecule has 1 heterocycles. The number of hydrogen-bond donors (Lipinski definition) is 2. The van der Waals surface area contributed by atoms with E-state index in [0.29, 0.717) is 0 Å². The monoisotopic (exact) mass is 171 g/mol. The number of aliphatic hydroxyl groups excluding tert-OH is 1. The van der Waals surface area contributed by atoms with Gasteiger partial charge in [-0.3, -0.25) is 4.79 Å². The van der Waals surface area contributed by atoms with Crippen LogP contribution in [0.1, 0.15) is 18.9 Å². The van der Waals surface area contributed by atoms with Gasteiger partial charge in [0, 0.05) is 0 Å². The lowest BCUT2D eigenvalue weighted by molar-refractivity contribution is -0.118. The molecule has 1 unspecified atom stereocenters. The fraction of sp³-hybridized carbons (Fsp3) is 0.600. The van der Waals surface area contributed by atoms with Crippen LogP contribution in [0.5, 0.6) is 0 Å². The van der Waals surface area contributed by atoms with Crippen LogP contribution in [-0.2, 0) is 11.3 Å². The quantitative estimate of drug-likeness (QED) is 0.558. The summed E-state index contributed by atoms with van der Waals surface area (Å²) in [6.07, 6.45) is -0.806. The first-order valence-electron chi connectivity index (χ1n) is 3.33. The van der Waals surface area contributed by atoms with Gasteiger partial charge in [0.05, 0.1) is 0 Å². The van der Waals surface area contributed by atoms with Crippen molar-refractivity contribution in [1.29, 1.82) is 0 Å². The van der Waals surface area contributed by atoms with Crippen molar-refractivity contribution in [1.82, 2.24) is 20.2 Å². The molecule has 1 aromatic heterocycles. The van der Waals surface area contributed by atoms with Crippen molar-refractivity contribution in [3.8, 4) is 0 Å². The third-order valence-corrected chi connectivity index (χ3v) is 1.24. The highest BCUT2D eigenvalue weighted by Gasteiger charge is 2.12. The molecule has 66 valence electrons. The second-order valence-electron chi connectivity index (χ2n) is 2.34. The van der Waals surface area contributed by atoms with E-state index in [1.54, 1.807) is 0 Å². The van der Waals surface area contributed by atoms with Gasteiger partial charge >= 0.3 is 0 Å². The van der Waals surface area contributed by atoms with E-state index >= 15 is 0 Å². The normalized spacial score (nSPS) is 12.8. The molecule has 7 nitrogen and oxygen atoms in total. The summed E-state index contributed by atoms with van der Waals surface area (Å²) in [6, 6.07) is 0. The molecule has 0 radical (unpaired) electrons. The number of primary amides is 1. The average molecular weight is 171 g/mol. The van der Waals surface area contributed by atoms with Crippen molar-refractivity contribution in [3.63, 3.8) is 0 Å². The number of tetrazole rings is 1. The van der Waals surface area contributed by atoms with Crippen molar-refractivity contribution < 1.29 is 9.90 Å². The van der Waals surface area contributed by atoms with Crippen LogP contribution >= 0.6 is 0 Å². The molecular formula is C5H9N5O2. The molecular weight excluding hydrogens is 162 g/mol. The summed E-state index contributed by atoms with van der Waals surface area (Å²) in [5.41, 5.74) is 4.92. The van der Waals surface area contributed by atoms with Gasteiger partial charge in [-0.25, -0.2) is 4.68 Å². The molecule has 0 saturated carbocycles. The van der Waals surface area contributed by atoms with E-state index in [2.05, 4.69) is 15.5 Å². The van der Waals surface area contributed by atoms with Gasteiger partial charge < -0.3 is 10.8 Å². The Morgan fingerprint density at radius 1 is 1.83 bits per heavy atom. The maximum Gasteiger partial charge on any atom is 0.239 e. The van der Waals surface area contributed by atoms with Crippen LogP contribution < -0.4 is 5.73 Å². The minimum atomic E-state index is -0.806. The van der Waals surface area contributed by atoms with Crippen LogP contribution in [0.4, 0.5) is 0 Å². The molecule has 12 heavy (non-hydrogen) atoms. The third kappa shape index (κ3) is 1.76. The van der Waals surface area contributed by atoms with E-state index in [9.17, 15) is 4.79 Å². The molecule has 0 saturated heterocycles. The lowest BCUT2D eigenvalue weighted by Crippen LogP contribution is -2.21. The molecule has 0 bridgehead atoms. The standard InChI is InChI=1S/C5H9N5O2/c1-3(11)5-7-8-9-10(5)2-4(6)12/h3,11H,2H2,1H3,(H2,6,12). The second kappa shape index (κ2) is 3.26. The smallest absolute Gasteiger partial charge is 0.239 e. The third-order valence-electron chi connectivity index (χ3n) is 1.24. The lowest BCUT2D eigenvalue weighted by Gasteiger charge is -2.02. The minimum Gasteiger partial charge on any atom is -0.385 e. The molecule has 0 aromatic carbocycles. The molecule has 0 aliphatic rings. The van der Waals surface area contributed by atoms with Crippen molar-refractivity contribution in [3.05, 3.63) is 5.82 Å². The Balaban J connectivity index is 2.84. The molecule has 1 aromatic rings. The Morgan fingerprint density at radius 2 is 2.50 bits per heavy atom. The molecule has 7 heteroatoms. The van der Waals surface area contributed by atoms with Gasteiger partial charge in [-0.2, -0.15) is 0 Å². The van der Waals surface area contributed by atoms with Gasteiger partial charge in [0.25, 0.3) is 0 Å². The zero-order valence-electron chi connectivity index (χ0n) is 6.51. The van der Waals surface area contributed by atoms with E-state index < -0.39 is 12.0 Å². The summed E-state index contributed by atoms with van der Waals surface area (Å²) in [5.74, 6) is -0.321. The summed E-state index contributed by atoms with van der Waals surface area (Å²) in [4.78, 5) is 10.5. The summed E-state index contributed by atoms with van der Waals surface area (Å²) in [7, 11) is 0. The van der Waals surface area contributed by atoms with Crippen molar-refractivity contribution >= 4 is 5.91 Å². The summed E-state index contributed by atoms with van der Waals surface area (Å²) in [5, 5.41) is 19.4. The molecule has 1 amide bonds. The number of aliphatic hydroxyl groups is 1. The topological polar surface area (TPSA) is 107 Å². The Kier molecular flexibility index (Phi) is 2.34. The van der Waals surface area contributed by atoms with Crippen LogP contribution in [0, 0.1) is 0 Å². The molecule has 0 fully saturated rings. The number of nitrogens with two attached hydrogens (primary N) is 1. The van der Waals surface area contributed by atoms with Crippen LogP contribution in [0.2, 0.25) is 0 Å². The molecule has 1 atom stereocenters. The molecule has 0 aliphatic carbocycles. The lowest BCUT2D eigenvalue weighted by atomic mass is 10.4. The number of carbonyl (C=O) groups excluding carboxylic acids is 1. The van der Waals surface area contributed by atoms with Crippen LogP contribution in [0.25, 0.3) is 0 Å². The van der Waals surface area contributed by atoms with E-state index in [-0.39, 0.29) is 12.4 Å². The van der Waals surface area contributed by atoms with Crippen molar-refractivity contribution in [2.75, 3.05) is 0 Å². The number of aromatic nitrogens is 4. The number of hydrogen-bond acceptors (Lipinski definition) is 5. The molecule has 3 N–H and O–H groups in total. The van der Waals surface area contributed by atoms with Gasteiger partial charge in [-0.1, -0.05) is 0 Å². The Hall–Kier alpha value is -1.50. The molecule has 0 aliphatic heterocycles. The van der Waals surface area contributed by atoms with Gasteiger partial charge in [0.15, 0.2) is 5.82 Å². The first kappa shape index (κ1) is 8.60. The minimum absolute atomic E-state index is 0.118. The van der Waals surface area contributed by atoms with Crippen LogP contribution in [0.3, 0.4) is 0 Å². The van der Waals surface area contributed by atoms with Gasteiger partial charge in [-0.05, 0) is 17.4 Å². The highest BCUT2D eigenvalue weighted by molar-refractivity contribution is 5.73. The highest BCUT2D eigenvalue weighted by Crippen LogP contribution is 2.04. The van der Waals surface area contributed by atoms with Gasteiger partial charge in [0.2, 0.25) is 5.91 Å². The first-order chi connectivity index (χ1) is 5.61. The van der Waals surface area contributed by atoms with Crippen LogP contribution in [-0.4, -0.2) is 31.2 Å². The Bertz CT molecular complexity index is 281. The van der Waals surface area contributed by atoms with Gasteiger partial charge in [0.1, 0.15) is 12.6 Å². The summed E-state index contributed by atoms with van der Waals surface area (Å²) >= 11 is 0. The zero-order valence-corrected chi connectivity index (χ0v) is 6.51. The van der Waals surface area contributed by atoms with E-state index in [1.165, 1.54) is 6.92 Å². The maximum absolute atomic E-state index is 10.5. The number of amides is 1. The Labute approximate surface area is 68.2 Å².